The van der Waals surface area contributed by atoms with Crippen LogP contribution in [0.4, 0.5) is 5.95 Å². The zero-order valence-corrected chi connectivity index (χ0v) is 18.5. The van der Waals surface area contributed by atoms with E-state index in [1.54, 1.807) is 7.11 Å². The van der Waals surface area contributed by atoms with Gasteiger partial charge in [0.2, 0.25) is 5.95 Å². The number of rotatable bonds is 10. The molecule has 158 valence electrons. The van der Waals surface area contributed by atoms with Crippen LogP contribution in [-0.4, -0.2) is 57.7 Å². The summed E-state index contributed by atoms with van der Waals surface area (Å²) in [6.45, 7) is 7.83. The highest BCUT2D eigenvalue weighted by molar-refractivity contribution is 7.99. The minimum atomic E-state index is 0.161. The number of methoxy groups -OCH3 is 1. The van der Waals surface area contributed by atoms with Gasteiger partial charge in [0.1, 0.15) is 0 Å². The van der Waals surface area contributed by atoms with Crippen LogP contribution in [0.5, 0.6) is 0 Å². The Hall–Kier alpha value is -1.80. The molecular weight excluding hydrogens is 386 g/mol. The first-order valence-corrected chi connectivity index (χ1v) is 11.6. The predicted molar refractivity (Wildman–Crippen MR) is 115 cm³/mol. The number of carbonyl (C=O) groups excluding carboxylic acids is 1. The van der Waals surface area contributed by atoms with E-state index in [2.05, 4.69) is 31.2 Å². The second-order valence-corrected chi connectivity index (χ2v) is 9.02. The van der Waals surface area contributed by atoms with Crippen molar-refractivity contribution in [2.75, 3.05) is 37.5 Å². The van der Waals surface area contributed by atoms with Crippen LogP contribution < -0.4 is 4.90 Å². The summed E-state index contributed by atoms with van der Waals surface area (Å²) in [6.07, 6.45) is 5.75. The quantitative estimate of drug-likeness (QED) is 0.334. The van der Waals surface area contributed by atoms with Gasteiger partial charge in [-0.25, -0.2) is 0 Å². The van der Waals surface area contributed by atoms with E-state index in [1.165, 1.54) is 37.4 Å². The van der Waals surface area contributed by atoms with Crippen LogP contribution in [0.25, 0.3) is 0 Å². The summed E-state index contributed by atoms with van der Waals surface area (Å²) in [7, 11) is 1.72. The first kappa shape index (κ1) is 20.5. The first-order chi connectivity index (χ1) is 14.1. The highest BCUT2D eigenvalue weighted by Gasteiger charge is 2.32. The van der Waals surface area contributed by atoms with E-state index < -0.39 is 0 Å². The molecule has 0 N–H and O–H groups in total. The number of aromatic nitrogens is 4. The van der Waals surface area contributed by atoms with Gasteiger partial charge in [-0.3, -0.25) is 9.36 Å². The van der Waals surface area contributed by atoms with E-state index in [-0.39, 0.29) is 5.78 Å². The molecule has 1 saturated carbocycles. The highest BCUT2D eigenvalue weighted by Crippen LogP contribution is 2.41. The molecule has 0 radical (unpaired) electrons. The Kier molecular flexibility index (Phi) is 6.29. The molecule has 29 heavy (non-hydrogen) atoms. The molecule has 2 aliphatic rings. The van der Waals surface area contributed by atoms with Crippen LogP contribution >= 0.6 is 11.8 Å². The van der Waals surface area contributed by atoms with Crippen molar-refractivity contribution < 1.29 is 9.53 Å². The molecular formula is C21H31N5O2S. The van der Waals surface area contributed by atoms with Gasteiger partial charge in [0.25, 0.3) is 0 Å². The van der Waals surface area contributed by atoms with Gasteiger partial charge in [0.15, 0.2) is 10.9 Å². The van der Waals surface area contributed by atoms with Crippen LogP contribution in [0.2, 0.25) is 0 Å². The summed E-state index contributed by atoms with van der Waals surface area (Å²) in [5.74, 6) is 1.55. The molecule has 0 spiro atoms. The molecule has 1 aliphatic carbocycles. The molecule has 8 heteroatoms. The van der Waals surface area contributed by atoms with Crippen molar-refractivity contribution in [2.24, 2.45) is 0 Å². The van der Waals surface area contributed by atoms with Gasteiger partial charge in [-0.15, -0.1) is 10.2 Å². The van der Waals surface area contributed by atoms with Crippen molar-refractivity contribution in [3.63, 3.8) is 0 Å². The molecule has 0 aromatic carbocycles. The van der Waals surface area contributed by atoms with Gasteiger partial charge in [-0.1, -0.05) is 11.8 Å². The molecule has 0 bridgehead atoms. The second-order valence-electron chi connectivity index (χ2n) is 8.07. The highest BCUT2D eigenvalue weighted by atomic mass is 32.2. The van der Waals surface area contributed by atoms with Gasteiger partial charge in [-0.2, -0.15) is 0 Å². The van der Waals surface area contributed by atoms with Crippen LogP contribution in [0.15, 0.2) is 11.2 Å². The summed E-state index contributed by atoms with van der Waals surface area (Å²) in [5, 5.41) is 9.81. The third-order valence-corrected chi connectivity index (χ3v) is 6.83. The predicted octanol–water partition coefficient (Wildman–Crippen LogP) is 3.64. The topological polar surface area (TPSA) is 65.2 Å². The molecule has 2 fully saturated rings. The maximum absolute atomic E-state index is 13.0. The van der Waals surface area contributed by atoms with Crippen molar-refractivity contribution in [1.29, 1.82) is 0 Å². The molecule has 1 saturated heterocycles. The lowest BCUT2D eigenvalue weighted by Gasteiger charge is -2.17. The average Bonchev–Trinajstić information content (AvgIpc) is 3.13. The summed E-state index contributed by atoms with van der Waals surface area (Å²) >= 11 is 1.53. The molecule has 4 rings (SSSR count). The van der Waals surface area contributed by atoms with E-state index in [9.17, 15) is 4.79 Å². The summed E-state index contributed by atoms with van der Waals surface area (Å²) in [5.41, 5.74) is 3.00. The number of hydrogen-bond donors (Lipinski definition) is 0. The van der Waals surface area contributed by atoms with Crippen LogP contribution in [0, 0.1) is 13.8 Å². The molecule has 7 nitrogen and oxygen atoms in total. The van der Waals surface area contributed by atoms with Crippen LogP contribution in [-0.2, 0) is 11.3 Å². The fourth-order valence-electron chi connectivity index (χ4n) is 4.16. The zero-order chi connectivity index (χ0) is 20.4. The lowest BCUT2D eigenvalue weighted by atomic mass is 10.2. The number of hydrogen-bond acceptors (Lipinski definition) is 6. The van der Waals surface area contributed by atoms with Crippen molar-refractivity contribution in [3.8, 4) is 0 Å². The minimum Gasteiger partial charge on any atom is -0.385 e. The van der Waals surface area contributed by atoms with Crippen molar-refractivity contribution in [2.45, 2.75) is 63.7 Å². The number of ketones is 1. The summed E-state index contributed by atoms with van der Waals surface area (Å²) in [4.78, 5) is 15.3. The summed E-state index contributed by atoms with van der Waals surface area (Å²) < 4.78 is 9.65. The fraction of sp³-hybridized carbons (Fsp3) is 0.667. The Bertz CT molecular complexity index is 865. The number of carbonyl (C=O) groups is 1. The number of aryl methyl sites for hydroxylation is 1. The van der Waals surface area contributed by atoms with Crippen molar-refractivity contribution >= 4 is 23.5 Å². The lowest BCUT2D eigenvalue weighted by molar-refractivity contribution is 0.102. The number of ether oxygens (including phenoxy) is 1. The monoisotopic (exact) mass is 417 g/mol. The average molecular weight is 418 g/mol. The van der Waals surface area contributed by atoms with E-state index in [0.717, 1.165) is 60.7 Å². The standard InChI is InChI=1S/C21H31N5O2S/c1-15-13-18(16(2)25(15)11-6-12-28-3)19(27)14-29-21-23-22-20(24-9-4-5-10-24)26(21)17-7-8-17/h13,17H,4-12,14H2,1-3H3. The van der Waals surface area contributed by atoms with E-state index in [4.69, 9.17) is 4.74 Å². The third-order valence-electron chi connectivity index (χ3n) is 5.88. The van der Waals surface area contributed by atoms with Gasteiger partial charge >= 0.3 is 0 Å². The Morgan fingerprint density at radius 1 is 1.24 bits per heavy atom. The molecule has 2 aromatic rings. The van der Waals surface area contributed by atoms with Crippen molar-refractivity contribution in [1.82, 2.24) is 19.3 Å². The molecule has 0 atom stereocenters. The minimum absolute atomic E-state index is 0.161. The molecule has 2 aromatic heterocycles. The second kappa shape index (κ2) is 8.92. The van der Waals surface area contributed by atoms with E-state index >= 15 is 0 Å². The Morgan fingerprint density at radius 3 is 2.69 bits per heavy atom. The van der Waals surface area contributed by atoms with Gasteiger partial charge in [0.05, 0.1) is 5.75 Å². The van der Waals surface area contributed by atoms with E-state index in [1.807, 2.05) is 13.0 Å². The maximum atomic E-state index is 13.0. The van der Waals surface area contributed by atoms with Crippen molar-refractivity contribution in [3.05, 3.63) is 23.0 Å². The normalized spacial score (nSPS) is 16.7. The SMILES string of the molecule is COCCCn1c(C)cc(C(=O)CSc2nnc(N3CCCC3)n2C2CC2)c1C. The fourth-order valence-corrected chi connectivity index (χ4v) is 5.04. The Morgan fingerprint density at radius 2 is 2.00 bits per heavy atom. The van der Waals surface area contributed by atoms with Crippen LogP contribution in [0.3, 0.4) is 0 Å². The lowest BCUT2D eigenvalue weighted by Crippen LogP contribution is -2.22. The molecule has 0 amide bonds. The largest absolute Gasteiger partial charge is 0.385 e. The van der Waals surface area contributed by atoms with Gasteiger partial charge < -0.3 is 14.2 Å². The smallest absolute Gasteiger partial charge is 0.228 e. The molecule has 3 heterocycles. The number of nitrogens with zero attached hydrogens (tertiary/aromatic N) is 5. The Labute approximate surface area is 176 Å². The van der Waals surface area contributed by atoms with Gasteiger partial charge in [0, 0.05) is 56.3 Å². The summed E-state index contributed by atoms with van der Waals surface area (Å²) in [6, 6.07) is 2.52. The third kappa shape index (κ3) is 4.38. The molecule has 0 unspecified atom stereocenters. The van der Waals surface area contributed by atoms with Gasteiger partial charge in [-0.05, 0) is 52.0 Å². The Balaban J connectivity index is 1.44. The molecule has 1 aliphatic heterocycles. The number of anilines is 1. The maximum Gasteiger partial charge on any atom is 0.228 e. The first-order valence-electron chi connectivity index (χ1n) is 10.6. The van der Waals surface area contributed by atoms with E-state index in [0.29, 0.717) is 11.8 Å². The number of thioether (sulfide) groups is 1. The zero-order valence-electron chi connectivity index (χ0n) is 17.7. The van der Waals surface area contributed by atoms with Crippen LogP contribution in [0.1, 0.15) is 59.9 Å². The number of Topliss-reactive ketones (excluding diaryl/α,β-unsaturated/α-hetero) is 1.